The van der Waals surface area contributed by atoms with Crippen molar-refractivity contribution in [1.82, 2.24) is 10.1 Å². The Labute approximate surface area is 180 Å². The SMILES string of the molecule is COc1ccc(-c2cc(C(=O)N3CCC[C@@H]3c3ccc4c(c3)OCCCO4)on2)cc1. The van der Waals surface area contributed by atoms with Gasteiger partial charge in [-0.3, -0.25) is 4.79 Å². The van der Waals surface area contributed by atoms with E-state index >= 15 is 0 Å². The first-order valence-corrected chi connectivity index (χ1v) is 10.5. The monoisotopic (exact) mass is 420 g/mol. The predicted molar refractivity (Wildman–Crippen MR) is 114 cm³/mol. The van der Waals surface area contributed by atoms with Gasteiger partial charge in [-0.2, -0.15) is 0 Å². The van der Waals surface area contributed by atoms with Crippen molar-refractivity contribution in [2.24, 2.45) is 0 Å². The highest BCUT2D eigenvalue weighted by atomic mass is 16.5. The molecule has 1 saturated heterocycles. The molecule has 0 saturated carbocycles. The molecule has 160 valence electrons. The van der Waals surface area contributed by atoms with Crippen LogP contribution in [0.4, 0.5) is 0 Å². The van der Waals surface area contributed by atoms with Crippen molar-refractivity contribution < 1.29 is 23.5 Å². The lowest BCUT2D eigenvalue weighted by Crippen LogP contribution is -2.30. The fraction of sp³-hybridized carbons (Fsp3) is 0.333. The minimum absolute atomic E-state index is 0.0285. The Morgan fingerprint density at radius 3 is 2.65 bits per heavy atom. The lowest BCUT2D eigenvalue weighted by molar-refractivity contribution is 0.0693. The molecular weight excluding hydrogens is 396 g/mol. The Morgan fingerprint density at radius 2 is 1.84 bits per heavy atom. The van der Waals surface area contributed by atoms with E-state index in [0.717, 1.165) is 47.6 Å². The lowest BCUT2D eigenvalue weighted by Gasteiger charge is -2.24. The number of fused-ring (bicyclic) bond motifs is 1. The van der Waals surface area contributed by atoms with E-state index in [-0.39, 0.29) is 17.7 Å². The normalized spacial score (nSPS) is 18.0. The second-order valence-electron chi connectivity index (χ2n) is 7.72. The highest BCUT2D eigenvalue weighted by molar-refractivity contribution is 5.93. The Kier molecular flexibility index (Phi) is 5.24. The zero-order valence-electron chi connectivity index (χ0n) is 17.4. The number of methoxy groups -OCH3 is 1. The molecule has 0 radical (unpaired) electrons. The fourth-order valence-electron chi connectivity index (χ4n) is 4.16. The number of rotatable bonds is 4. The number of carbonyl (C=O) groups is 1. The number of amides is 1. The third-order valence-electron chi connectivity index (χ3n) is 5.78. The second-order valence-corrected chi connectivity index (χ2v) is 7.72. The summed E-state index contributed by atoms with van der Waals surface area (Å²) in [6, 6.07) is 15.1. The van der Waals surface area contributed by atoms with E-state index in [4.69, 9.17) is 18.7 Å². The van der Waals surface area contributed by atoms with Crippen molar-refractivity contribution in [3.63, 3.8) is 0 Å². The molecular formula is C24H24N2O5. The Morgan fingerprint density at radius 1 is 1.03 bits per heavy atom. The van der Waals surface area contributed by atoms with Crippen molar-refractivity contribution in [2.75, 3.05) is 26.9 Å². The molecule has 3 heterocycles. The molecule has 1 fully saturated rings. The quantitative estimate of drug-likeness (QED) is 0.619. The summed E-state index contributed by atoms with van der Waals surface area (Å²) in [6.07, 6.45) is 2.69. The standard InChI is InChI=1S/C24H24N2O5/c1-28-18-8-5-16(6-9-18)19-15-23(31-25-19)24(27)26-11-2-4-20(26)17-7-10-21-22(14-17)30-13-3-12-29-21/h5-10,14-15,20H,2-4,11-13H2,1H3/t20-/m1/s1. The summed E-state index contributed by atoms with van der Waals surface area (Å²) in [5.41, 5.74) is 2.53. The molecule has 1 aromatic heterocycles. The molecule has 0 N–H and O–H groups in total. The van der Waals surface area contributed by atoms with Crippen molar-refractivity contribution in [2.45, 2.75) is 25.3 Å². The van der Waals surface area contributed by atoms with Crippen LogP contribution in [-0.2, 0) is 0 Å². The van der Waals surface area contributed by atoms with E-state index in [1.807, 2.05) is 47.4 Å². The summed E-state index contributed by atoms with van der Waals surface area (Å²) in [5.74, 6) is 2.36. The highest BCUT2D eigenvalue weighted by Gasteiger charge is 2.33. The van der Waals surface area contributed by atoms with Crippen LogP contribution in [0.5, 0.6) is 17.2 Å². The molecule has 2 aliphatic heterocycles. The lowest BCUT2D eigenvalue weighted by atomic mass is 10.0. The van der Waals surface area contributed by atoms with Crippen molar-refractivity contribution in [3.05, 3.63) is 59.9 Å². The molecule has 0 unspecified atom stereocenters. The summed E-state index contributed by atoms with van der Waals surface area (Å²) in [4.78, 5) is 15.1. The van der Waals surface area contributed by atoms with Gasteiger partial charge in [-0.25, -0.2) is 0 Å². The minimum Gasteiger partial charge on any atom is -0.497 e. The maximum atomic E-state index is 13.2. The van der Waals surface area contributed by atoms with Crippen molar-refractivity contribution in [1.29, 1.82) is 0 Å². The first kappa shape index (κ1) is 19.5. The number of ether oxygens (including phenoxy) is 3. The van der Waals surface area contributed by atoms with Crippen LogP contribution in [-0.4, -0.2) is 42.8 Å². The third kappa shape index (κ3) is 3.83. The van der Waals surface area contributed by atoms with E-state index in [2.05, 4.69) is 5.16 Å². The molecule has 7 nitrogen and oxygen atoms in total. The average molecular weight is 420 g/mol. The average Bonchev–Trinajstić information content (AvgIpc) is 3.44. The van der Waals surface area contributed by atoms with Gasteiger partial charge in [0.2, 0.25) is 5.76 Å². The van der Waals surface area contributed by atoms with Crippen LogP contribution in [0, 0.1) is 0 Å². The maximum absolute atomic E-state index is 13.2. The van der Waals surface area contributed by atoms with Crippen LogP contribution in [0.3, 0.4) is 0 Å². The summed E-state index contributed by atoms with van der Waals surface area (Å²) >= 11 is 0. The van der Waals surface area contributed by atoms with Crippen LogP contribution in [0.25, 0.3) is 11.3 Å². The van der Waals surface area contributed by atoms with Gasteiger partial charge in [-0.1, -0.05) is 11.2 Å². The molecule has 7 heteroatoms. The molecule has 1 amide bonds. The first-order valence-electron chi connectivity index (χ1n) is 10.5. The molecule has 31 heavy (non-hydrogen) atoms. The van der Waals surface area contributed by atoms with E-state index in [1.54, 1.807) is 13.2 Å². The zero-order valence-corrected chi connectivity index (χ0v) is 17.4. The van der Waals surface area contributed by atoms with Gasteiger partial charge in [0.15, 0.2) is 11.5 Å². The summed E-state index contributed by atoms with van der Waals surface area (Å²) in [7, 11) is 1.62. The molecule has 0 spiro atoms. The third-order valence-corrected chi connectivity index (χ3v) is 5.78. The number of carbonyl (C=O) groups excluding carboxylic acids is 1. The molecule has 1 atom stereocenters. The van der Waals surface area contributed by atoms with Crippen molar-refractivity contribution >= 4 is 5.91 Å². The molecule has 5 rings (SSSR count). The van der Waals surface area contributed by atoms with Gasteiger partial charge in [-0.05, 0) is 54.8 Å². The van der Waals surface area contributed by atoms with Gasteiger partial charge in [0, 0.05) is 24.6 Å². The molecule has 3 aromatic rings. The van der Waals surface area contributed by atoms with Crippen LogP contribution in [0.1, 0.15) is 41.4 Å². The Bertz CT molecular complexity index is 1080. The summed E-state index contributed by atoms with van der Waals surface area (Å²) < 4.78 is 22.2. The number of nitrogens with zero attached hydrogens (tertiary/aromatic N) is 2. The highest BCUT2D eigenvalue weighted by Crippen LogP contribution is 2.38. The Balaban J connectivity index is 1.37. The van der Waals surface area contributed by atoms with E-state index < -0.39 is 0 Å². The largest absolute Gasteiger partial charge is 0.497 e. The maximum Gasteiger partial charge on any atom is 0.292 e. The smallest absolute Gasteiger partial charge is 0.292 e. The zero-order chi connectivity index (χ0) is 21.2. The van der Waals surface area contributed by atoms with Gasteiger partial charge in [0.25, 0.3) is 5.91 Å². The summed E-state index contributed by atoms with van der Waals surface area (Å²) in [5, 5.41) is 4.10. The topological polar surface area (TPSA) is 74.0 Å². The summed E-state index contributed by atoms with van der Waals surface area (Å²) in [6.45, 7) is 1.97. The number of aromatic nitrogens is 1. The molecule has 0 aliphatic carbocycles. The van der Waals surface area contributed by atoms with Gasteiger partial charge >= 0.3 is 0 Å². The number of hydrogen-bond acceptors (Lipinski definition) is 6. The van der Waals surface area contributed by atoms with Crippen LogP contribution in [0.15, 0.2) is 53.1 Å². The van der Waals surface area contributed by atoms with E-state index in [0.29, 0.717) is 25.5 Å². The van der Waals surface area contributed by atoms with Gasteiger partial charge in [0.05, 0.1) is 26.4 Å². The number of benzene rings is 2. The van der Waals surface area contributed by atoms with Crippen LogP contribution < -0.4 is 14.2 Å². The molecule has 2 aromatic carbocycles. The Hall–Kier alpha value is -3.48. The number of hydrogen-bond donors (Lipinski definition) is 0. The van der Waals surface area contributed by atoms with Crippen molar-refractivity contribution in [3.8, 4) is 28.5 Å². The van der Waals surface area contributed by atoms with Gasteiger partial charge in [-0.15, -0.1) is 0 Å². The van der Waals surface area contributed by atoms with Gasteiger partial charge in [0.1, 0.15) is 11.4 Å². The van der Waals surface area contributed by atoms with Crippen LogP contribution >= 0.6 is 0 Å². The van der Waals surface area contributed by atoms with Gasteiger partial charge < -0.3 is 23.6 Å². The van der Waals surface area contributed by atoms with E-state index in [9.17, 15) is 4.79 Å². The van der Waals surface area contributed by atoms with Crippen LogP contribution in [0.2, 0.25) is 0 Å². The first-order chi connectivity index (χ1) is 15.2. The molecule has 0 bridgehead atoms. The second kappa shape index (κ2) is 8.34. The minimum atomic E-state index is -0.151. The predicted octanol–water partition coefficient (Wildman–Crippen LogP) is 4.49. The fourth-order valence-corrected chi connectivity index (χ4v) is 4.16. The van der Waals surface area contributed by atoms with E-state index in [1.165, 1.54) is 0 Å². The molecule has 2 aliphatic rings. The number of likely N-dealkylation sites (tertiary alicyclic amines) is 1.